The molecule has 5 nitrogen and oxygen atoms in total. The van der Waals surface area contributed by atoms with Crippen LogP contribution in [0.2, 0.25) is 0 Å². The summed E-state index contributed by atoms with van der Waals surface area (Å²) in [5, 5.41) is 5.61. The first kappa shape index (κ1) is 21.8. The summed E-state index contributed by atoms with van der Waals surface area (Å²) in [6.45, 7) is 2.46. The lowest BCUT2D eigenvalue weighted by Crippen LogP contribution is -2.19. The fourth-order valence-electron chi connectivity index (χ4n) is 4.09. The number of amidine groups is 1. The predicted molar refractivity (Wildman–Crippen MR) is 143 cm³/mol. The number of rotatable bonds is 2. The molecule has 0 atom stereocenters. The fraction of sp³-hybridized carbons (Fsp3) is 0.0714. The van der Waals surface area contributed by atoms with E-state index in [2.05, 4.69) is 17.4 Å². The maximum absolute atomic E-state index is 12.7. The Morgan fingerprint density at radius 3 is 2.77 bits per heavy atom. The molecule has 0 saturated carbocycles. The number of ether oxygens (including phenoxy) is 1. The van der Waals surface area contributed by atoms with E-state index in [1.165, 1.54) is 23.8 Å². The average Bonchev–Trinajstić information content (AvgIpc) is 3.19. The third-order valence-electron chi connectivity index (χ3n) is 5.77. The van der Waals surface area contributed by atoms with E-state index in [9.17, 15) is 4.79 Å². The molecule has 2 heterocycles. The number of nitrogens with zero attached hydrogens (tertiary/aromatic N) is 1. The van der Waals surface area contributed by atoms with Gasteiger partial charge in [0.25, 0.3) is 5.91 Å². The summed E-state index contributed by atoms with van der Waals surface area (Å²) < 4.78 is 12.1. The van der Waals surface area contributed by atoms with Crippen LogP contribution in [0.25, 0.3) is 16.8 Å². The van der Waals surface area contributed by atoms with Gasteiger partial charge in [-0.2, -0.15) is 0 Å². The molecule has 1 saturated heterocycles. The van der Waals surface area contributed by atoms with Crippen LogP contribution in [0.3, 0.4) is 0 Å². The molecule has 7 heteroatoms. The van der Waals surface area contributed by atoms with E-state index >= 15 is 0 Å². The van der Waals surface area contributed by atoms with Gasteiger partial charge in [0.15, 0.2) is 16.7 Å². The van der Waals surface area contributed by atoms with Crippen LogP contribution in [-0.4, -0.2) is 11.1 Å². The van der Waals surface area contributed by atoms with Crippen molar-refractivity contribution in [1.29, 1.82) is 0 Å². The molecular formula is C28H20N2O3S2. The van der Waals surface area contributed by atoms with Gasteiger partial charge < -0.3 is 14.2 Å². The monoisotopic (exact) mass is 496 g/mol. The van der Waals surface area contributed by atoms with Crippen molar-refractivity contribution in [3.63, 3.8) is 0 Å². The number of thioether (sulfide) groups is 1. The predicted octanol–water partition coefficient (Wildman–Crippen LogP) is 7.02. The van der Waals surface area contributed by atoms with Crippen molar-refractivity contribution in [1.82, 2.24) is 5.32 Å². The van der Waals surface area contributed by atoms with Crippen molar-refractivity contribution < 1.29 is 13.7 Å². The first-order valence-electron chi connectivity index (χ1n) is 11.1. The zero-order valence-corrected chi connectivity index (χ0v) is 20.4. The number of hydrogen-bond acceptors (Lipinski definition) is 6. The number of aliphatic imine (C=N–C) groups is 1. The number of amides is 1. The zero-order chi connectivity index (χ0) is 23.8. The fourth-order valence-corrected chi connectivity index (χ4v) is 5.60. The molecule has 2 aliphatic rings. The van der Waals surface area contributed by atoms with E-state index < -0.39 is 0 Å². The van der Waals surface area contributed by atoms with Gasteiger partial charge in [-0.05, 0) is 65.5 Å². The molecule has 0 bridgehead atoms. The van der Waals surface area contributed by atoms with Gasteiger partial charge in [-0.25, -0.2) is 4.99 Å². The lowest BCUT2D eigenvalue weighted by molar-refractivity contribution is -0.115. The van der Waals surface area contributed by atoms with E-state index in [-0.39, 0.29) is 5.91 Å². The highest BCUT2D eigenvalue weighted by molar-refractivity contribution is 8.18. The van der Waals surface area contributed by atoms with Crippen LogP contribution in [0.5, 0.6) is 11.5 Å². The van der Waals surface area contributed by atoms with Gasteiger partial charge in [0, 0.05) is 10.9 Å². The van der Waals surface area contributed by atoms with Crippen LogP contribution in [0, 0.1) is 6.92 Å². The van der Waals surface area contributed by atoms with Crippen LogP contribution in [0.4, 0.5) is 5.69 Å². The Kier molecular flexibility index (Phi) is 5.72. The van der Waals surface area contributed by atoms with E-state index in [1.54, 1.807) is 0 Å². The van der Waals surface area contributed by atoms with Gasteiger partial charge in [0.05, 0.1) is 27.5 Å². The first-order valence-corrected chi connectivity index (χ1v) is 12.7. The molecule has 35 heavy (non-hydrogen) atoms. The van der Waals surface area contributed by atoms with E-state index in [4.69, 9.17) is 13.9 Å². The summed E-state index contributed by atoms with van der Waals surface area (Å²) >= 11 is 2.66. The molecule has 4 aromatic carbocycles. The van der Waals surface area contributed by atoms with E-state index in [1.807, 2.05) is 79.7 Å². The molecule has 0 spiro atoms. The minimum atomic E-state index is -0.168. The third kappa shape index (κ3) is 4.40. The van der Waals surface area contributed by atoms with Crippen molar-refractivity contribution in [3.05, 3.63) is 100 Å². The second-order valence-corrected chi connectivity index (χ2v) is 10.0. The number of fused-ring (bicyclic) bond motifs is 3. The third-order valence-corrected chi connectivity index (χ3v) is 7.52. The molecule has 1 amide bonds. The number of aryl methyl sites for hydroxylation is 1. The number of carbonyl (C=O) groups is 1. The largest absolute Gasteiger partial charge is 0.485 e. The van der Waals surface area contributed by atoms with Crippen molar-refractivity contribution in [3.8, 4) is 11.5 Å². The standard InChI is InChI=1S/C28H20N2O3S2/c1-17-13-18(14-23-26(17)32-16-20-8-3-5-12-24(20)35-33-23)15-25-27(31)30-28(34-25)29-22-11-6-9-19-7-2-4-10-21(19)22/h2-15H,16H2,1H3,(H,29,30,31)/b25-15+. The lowest BCUT2D eigenvalue weighted by Gasteiger charge is -2.19. The van der Waals surface area contributed by atoms with Crippen LogP contribution in [-0.2, 0) is 11.4 Å². The Morgan fingerprint density at radius 2 is 1.83 bits per heavy atom. The summed E-state index contributed by atoms with van der Waals surface area (Å²) in [7, 11) is 0. The van der Waals surface area contributed by atoms with Gasteiger partial charge >= 0.3 is 0 Å². The van der Waals surface area contributed by atoms with E-state index in [0.717, 1.165) is 43.8 Å². The minimum Gasteiger partial charge on any atom is -0.485 e. The number of benzene rings is 4. The summed E-state index contributed by atoms with van der Waals surface area (Å²) in [5.74, 6) is 1.19. The Hall–Kier alpha value is -3.68. The van der Waals surface area contributed by atoms with Gasteiger partial charge in [0.2, 0.25) is 0 Å². The Bertz CT molecular complexity index is 1540. The highest BCUT2D eigenvalue weighted by Crippen LogP contribution is 2.41. The maximum atomic E-state index is 12.7. The van der Waals surface area contributed by atoms with Crippen LogP contribution < -0.4 is 14.2 Å². The normalized spacial score (nSPS) is 17.2. The van der Waals surface area contributed by atoms with Gasteiger partial charge in [-0.15, -0.1) is 0 Å². The quantitative estimate of drug-likeness (QED) is 0.239. The molecule has 4 aromatic rings. The SMILES string of the molecule is Cc1cc(/C=C2/SC(=Nc3cccc4ccccc34)NC2=O)cc2c1OCc1ccccc1SO2. The smallest absolute Gasteiger partial charge is 0.264 e. The van der Waals surface area contributed by atoms with E-state index in [0.29, 0.717) is 22.4 Å². The molecule has 0 aliphatic carbocycles. The highest BCUT2D eigenvalue weighted by atomic mass is 32.2. The molecule has 6 rings (SSSR count). The van der Waals surface area contributed by atoms with Crippen molar-refractivity contribution in [2.75, 3.05) is 0 Å². The van der Waals surface area contributed by atoms with Gasteiger partial charge in [-0.1, -0.05) is 54.6 Å². The molecule has 0 aromatic heterocycles. The minimum absolute atomic E-state index is 0.168. The molecule has 2 aliphatic heterocycles. The molecule has 0 unspecified atom stereocenters. The first-order chi connectivity index (χ1) is 17.1. The maximum Gasteiger partial charge on any atom is 0.264 e. The topological polar surface area (TPSA) is 59.9 Å². The van der Waals surface area contributed by atoms with Gasteiger partial charge in [0.1, 0.15) is 6.61 Å². The highest BCUT2D eigenvalue weighted by Gasteiger charge is 2.25. The Balaban J connectivity index is 1.28. The molecule has 1 N–H and O–H groups in total. The van der Waals surface area contributed by atoms with Crippen LogP contribution in [0.1, 0.15) is 16.7 Å². The zero-order valence-electron chi connectivity index (χ0n) is 18.8. The Labute approximate surface area is 211 Å². The average molecular weight is 497 g/mol. The van der Waals surface area contributed by atoms with Crippen molar-refractivity contribution in [2.24, 2.45) is 4.99 Å². The molecule has 172 valence electrons. The molecular weight excluding hydrogens is 476 g/mol. The van der Waals surface area contributed by atoms with Crippen LogP contribution >= 0.6 is 23.8 Å². The van der Waals surface area contributed by atoms with Gasteiger partial charge in [-0.3, -0.25) is 4.79 Å². The van der Waals surface area contributed by atoms with Crippen molar-refractivity contribution >= 4 is 57.4 Å². The summed E-state index contributed by atoms with van der Waals surface area (Å²) in [6.07, 6.45) is 1.86. The summed E-state index contributed by atoms with van der Waals surface area (Å²) in [4.78, 5) is 19.0. The number of nitrogens with one attached hydrogen (secondary N) is 1. The number of carbonyl (C=O) groups excluding carboxylic acids is 1. The molecule has 0 radical (unpaired) electrons. The second kappa shape index (κ2) is 9.17. The Morgan fingerprint density at radius 1 is 1.00 bits per heavy atom. The summed E-state index contributed by atoms with van der Waals surface area (Å²) in [6, 6.07) is 26.0. The second-order valence-electron chi connectivity index (χ2n) is 8.21. The number of hydrogen-bond donors (Lipinski definition) is 1. The van der Waals surface area contributed by atoms with Crippen LogP contribution in [0.15, 0.2) is 93.7 Å². The van der Waals surface area contributed by atoms with Crippen molar-refractivity contribution in [2.45, 2.75) is 18.4 Å². The molecule has 1 fully saturated rings. The summed E-state index contributed by atoms with van der Waals surface area (Å²) in [5.41, 5.74) is 3.73. The lowest BCUT2D eigenvalue weighted by atomic mass is 10.1.